The highest BCUT2D eigenvalue weighted by atomic mass is 16.5. The molecule has 1 heterocycles. The molecule has 0 aliphatic carbocycles. The van der Waals surface area contributed by atoms with Gasteiger partial charge in [0.2, 0.25) is 0 Å². The Balaban J connectivity index is 1.64. The molecule has 3 rings (SSSR count). The smallest absolute Gasteiger partial charge is 0.344 e. The quantitative estimate of drug-likeness (QED) is 0.530. The molecular weight excluding hydrogens is 390 g/mol. The van der Waals surface area contributed by atoms with Crippen molar-refractivity contribution < 1.29 is 28.7 Å². The summed E-state index contributed by atoms with van der Waals surface area (Å²) in [6, 6.07) is 14.2. The van der Waals surface area contributed by atoms with Gasteiger partial charge in [0, 0.05) is 0 Å². The second-order valence-corrected chi connectivity index (χ2v) is 6.54. The van der Waals surface area contributed by atoms with Gasteiger partial charge >= 0.3 is 12.0 Å². The van der Waals surface area contributed by atoms with Crippen LogP contribution in [0.5, 0.6) is 5.75 Å². The summed E-state index contributed by atoms with van der Waals surface area (Å²) in [6.07, 6.45) is 0.290. The van der Waals surface area contributed by atoms with Crippen molar-refractivity contribution in [1.29, 1.82) is 0 Å². The van der Waals surface area contributed by atoms with Crippen LogP contribution in [0.2, 0.25) is 0 Å². The molecule has 2 aromatic rings. The summed E-state index contributed by atoms with van der Waals surface area (Å²) in [7, 11) is 1.46. The van der Waals surface area contributed by atoms with E-state index in [9.17, 15) is 19.2 Å². The third-order valence-corrected chi connectivity index (χ3v) is 4.76. The number of imide groups is 1. The molecule has 1 aliphatic heterocycles. The Bertz CT molecular complexity index is 978. The molecule has 2 N–H and O–H groups in total. The zero-order valence-corrected chi connectivity index (χ0v) is 16.5. The van der Waals surface area contributed by atoms with Gasteiger partial charge in [-0.3, -0.25) is 15.0 Å². The molecule has 9 heteroatoms. The van der Waals surface area contributed by atoms with Crippen molar-refractivity contribution in [3.05, 3.63) is 65.7 Å². The molecule has 0 spiro atoms. The van der Waals surface area contributed by atoms with Gasteiger partial charge in [0.25, 0.3) is 11.8 Å². The predicted octanol–water partition coefficient (Wildman–Crippen LogP) is 1.74. The topological polar surface area (TPSA) is 114 Å². The van der Waals surface area contributed by atoms with Gasteiger partial charge in [-0.05, 0) is 30.2 Å². The van der Waals surface area contributed by atoms with Gasteiger partial charge in [0.1, 0.15) is 11.3 Å². The summed E-state index contributed by atoms with van der Waals surface area (Å²) < 4.78 is 9.99. The number of hydrogen-bond acceptors (Lipinski definition) is 6. The van der Waals surface area contributed by atoms with E-state index in [1.54, 1.807) is 49.4 Å². The molecule has 4 amide bonds. The number of benzene rings is 2. The van der Waals surface area contributed by atoms with Crippen molar-refractivity contribution in [3.63, 3.8) is 0 Å². The molecule has 156 valence electrons. The largest absolute Gasteiger partial charge is 0.497 e. The van der Waals surface area contributed by atoms with E-state index in [2.05, 4.69) is 10.7 Å². The standard InChI is InChI=1S/C21H21N3O6/c1-3-21(15-9-5-4-6-10-15)19(27)24(20(28)22-21)23-17(25)13-30-18(26)14-8-7-11-16(12-14)29-2/h4-12H,3,13H2,1-2H3,(H,22,28)(H,23,25)/t21-/m0/s1. The molecule has 0 unspecified atom stereocenters. The number of rotatable bonds is 7. The molecular formula is C21H21N3O6. The second-order valence-electron chi connectivity index (χ2n) is 6.54. The minimum Gasteiger partial charge on any atom is -0.497 e. The van der Waals surface area contributed by atoms with Crippen LogP contribution in [0.4, 0.5) is 4.79 Å². The SMILES string of the molecule is CC[C@@]1(c2ccccc2)NC(=O)N(NC(=O)COC(=O)c2cccc(OC)c2)C1=O. The first-order chi connectivity index (χ1) is 14.4. The van der Waals surface area contributed by atoms with E-state index in [4.69, 9.17) is 9.47 Å². The number of urea groups is 1. The molecule has 1 atom stereocenters. The maximum absolute atomic E-state index is 12.9. The van der Waals surface area contributed by atoms with Crippen LogP contribution in [0, 0.1) is 0 Å². The molecule has 1 saturated heterocycles. The number of nitrogens with zero attached hydrogens (tertiary/aromatic N) is 1. The predicted molar refractivity (Wildman–Crippen MR) is 105 cm³/mol. The van der Waals surface area contributed by atoms with Gasteiger partial charge in [-0.25, -0.2) is 9.59 Å². The highest BCUT2D eigenvalue weighted by Crippen LogP contribution is 2.31. The average molecular weight is 411 g/mol. The van der Waals surface area contributed by atoms with E-state index < -0.39 is 36.0 Å². The van der Waals surface area contributed by atoms with Crippen molar-refractivity contribution in [2.24, 2.45) is 0 Å². The van der Waals surface area contributed by atoms with Crippen LogP contribution in [-0.4, -0.2) is 42.5 Å². The van der Waals surface area contributed by atoms with Crippen LogP contribution < -0.4 is 15.5 Å². The third kappa shape index (κ3) is 3.95. The molecule has 0 bridgehead atoms. The molecule has 0 radical (unpaired) electrons. The molecule has 9 nitrogen and oxygen atoms in total. The van der Waals surface area contributed by atoms with Gasteiger partial charge in [-0.15, -0.1) is 0 Å². The molecule has 0 saturated carbocycles. The Morgan fingerprint density at radius 3 is 2.50 bits per heavy atom. The van der Waals surface area contributed by atoms with Crippen molar-refractivity contribution in [3.8, 4) is 5.75 Å². The summed E-state index contributed by atoms with van der Waals surface area (Å²) in [4.78, 5) is 49.6. The maximum atomic E-state index is 12.9. The fraction of sp³-hybridized carbons (Fsp3) is 0.238. The number of ether oxygens (including phenoxy) is 2. The van der Waals surface area contributed by atoms with Crippen LogP contribution in [0.25, 0.3) is 0 Å². The molecule has 1 aliphatic rings. The minimum absolute atomic E-state index is 0.200. The van der Waals surface area contributed by atoms with Crippen LogP contribution >= 0.6 is 0 Å². The summed E-state index contributed by atoms with van der Waals surface area (Å²) in [5.74, 6) is -1.72. The Kier molecular flexibility index (Phi) is 6.01. The Hall–Kier alpha value is -3.88. The maximum Gasteiger partial charge on any atom is 0.344 e. The van der Waals surface area contributed by atoms with E-state index in [1.807, 2.05) is 0 Å². The highest BCUT2D eigenvalue weighted by Gasteiger charge is 2.52. The lowest BCUT2D eigenvalue weighted by molar-refractivity contribution is -0.140. The lowest BCUT2D eigenvalue weighted by Crippen LogP contribution is -2.49. The summed E-state index contributed by atoms with van der Waals surface area (Å²) in [6.45, 7) is 1.09. The van der Waals surface area contributed by atoms with E-state index in [-0.39, 0.29) is 5.56 Å². The van der Waals surface area contributed by atoms with E-state index >= 15 is 0 Å². The lowest BCUT2D eigenvalue weighted by Gasteiger charge is -2.25. The zero-order chi connectivity index (χ0) is 21.7. The molecule has 1 fully saturated rings. The monoisotopic (exact) mass is 411 g/mol. The van der Waals surface area contributed by atoms with Crippen LogP contribution in [0.15, 0.2) is 54.6 Å². The number of hydrazine groups is 1. The number of carbonyl (C=O) groups excluding carboxylic acids is 4. The van der Waals surface area contributed by atoms with Gasteiger partial charge in [-0.2, -0.15) is 5.01 Å². The van der Waals surface area contributed by atoms with Crippen molar-refractivity contribution in [1.82, 2.24) is 15.8 Å². The molecule has 2 aromatic carbocycles. The fourth-order valence-corrected chi connectivity index (χ4v) is 3.16. The molecule has 30 heavy (non-hydrogen) atoms. The highest BCUT2D eigenvalue weighted by molar-refractivity contribution is 6.08. The van der Waals surface area contributed by atoms with Crippen LogP contribution in [-0.2, 0) is 19.9 Å². The third-order valence-electron chi connectivity index (χ3n) is 4.76. The van der Waals surface area contributed by atoms with Crippen molar-refractivity contribution in [2.45, 2.75) is 18.9 Å². The normalized spacial score (nSPS) is 18.0. The number of methoxy groups -OCH3 is 1. The summed E-state index contributed by atoms with van der Waals surface area (Å²) in [5, 5.41) is 3.25. The number of carbonyl (C=O) groups is 4. The number of nitrogens with one attached hydrogen (secondary N) is 2. The second kappa shape index (κ2) is 8.64. The van der Waals surface area contributed by atoms with Crippen molar-refractivity contribution >= 4 is 23.8 Å². The van der Waals surface area contributed by atoms with Crippen molar-refractivity contribution in [2.75, 3.05) is 13.7 Å². The Morgan fingerprint density at radius 2 is 1.83 bits per heavy atom. The number of esters is 1. The van der Waals surface area contributed by atoms with Gasteiger partial charge in [-0.1, -0.05) is 43.3 Å². The number of amides is 4. The Labute approximate surface area is 172 Å². The summed E-state index contributed by atoms with van der Waals surface area (Å²) >= 11 is 0. The lowest BCUT2D eigenvalue weighted by atomic mass is 9.87. The van der Waals surface area contributed by atoms with Crippen LogP contribution in [0.1, 0.15) is 29.3 Å². The fourth-order valence-electron chi connectivity index (χ4n) is 3.16. The minimum atomic E-state index is -1.27. The van der Waals surface area contributed by atoms with Crippen LogP contribution in [0.3, 0.4) is 0 Å². The van der Waals surface area contributed by atoms with Gasteiger partial charge in [0.15, 0.2) is 6.61 Å². The first-order valence-corrected chi connectivity index (χ1v) is 9.24. The van der Waals surface area contributed by atoms with E-state index in [0.29, 0.717) is 22.7 Å². The summed E-state index contributed by atoms with van der Waals surface area (Å²) in [5.41, 5.74) is 1.73. The van der Waals surface area contributed by atoms with Gasteiger partial charge in [0.05, 0.1) is 12.7 Å². The first-order valence-electron chi connectivity index (χ1n) is 9.24. The average Bonchev–Trinajstić information content (AvgIpc) is 3.03. The van der Waals surface area contributed by atoms with E-state index in [1.165, 1.54) is 19.2 Å². The van der Waals surface area contributed by atoms with E-state index in [0.717, 1.165) is 0 Å². The molecule has 0 aromatic heterocycles. The zero-order valence-electron chi connectivity index (χ0n) is 16.5. The number of hydrogen-bond donors (Lipinski definition) is 2. The Morgan fingerprint density at radius 1 is 1.10 bits per heavy atom. The van der Waals surface area contributed by atoms with Gasteiger partial charge < -0.3 is 14.8 Å². The first kappa shape index (κ1) is 20.8.